The number of hydrogen-bond acceptors (Lipinski definition) is 3. The first kappa shape index (κ1) is 15.3. The van der Waals surface area contributed by atoms with Crippen molar-refractivity contribution in [1.82, 2.24) is 0 Å². The standard InChI is InChI=1S/C17H26O3/c1-4-17(5-2)15(12-16(17)18)13-6-8-14(9-7-13)20-11-10-19-3/h6-9,15-16,18H,4-5,10-12H2,1-3H3. The van der Waals surface area contributed by atoms with Gasteiger partial charge < -0.3 is 14.6 Å². The number of aliphatic hydroxyl groups excluding tert-OH is 1. The number of aliphatic hydroxyl groups is 1. The highest BCUT2D eigenvalue weighted by Gasteiger charge is 2.52. The Hall–Kier alpha value is -1.06. The van der Waals surface area contributed by atoms with Gasteiger partial charge in [-0.2, -0.15) is 0 Å². The third-order valence-electron chi connectivity index (χ3n) is 4.97. The Labute approximate surface area is 121 Å². The van der Waals surface area contributed by atoms with Gasteiger partial charge in [-0.05, 0) is 42.9 Å². The maximum atomic E-state index is 10.1. The Kier molecular flexibility index (Phi) is 5.06. The van der Waals surface area contributed by atoms with Crippen LogP contribution in [0.1, 0.15) is 44.6 Å². The van der Waals surface area contributed by atoms with E-state index in [9.17, 15) is 5.11 Å². The fourth-order valence-electron chi connectivity index (χ4n) is 3.49. The molecule has 0 aromatic heterocycles. The molecule has 0 heterocycles. The molecule has 0 radical (unpaired) electrons. The predicted octanol–water partition coefficient (Wildman–Crippen LogP) is 3.37. The highest BCUT2D eigenvalue weighted by atomic mass is 16.5. The van der Waals surface area contributed by atoms with E-state index >= 15 is 0 Å². The normalized spacial score (nSPS) is 24.2. The number of methoxy groups -OCH3 is 1. The van der Waals surface area contributed by atoms with Crippen molar-refractivity contribution >= 4 is 0 Å². The molecular formula is C17H26O3. The predicted molar refractivity (Wildman–Crippen MR) is 80.2 cm³/mol. The van der Waals surface area contributed by atoms with Crippen LogP contribution in [-0.4, -0.2) is 31.5 Å². The van der Waals surface area contributed by atoms with Crippen molar-refractivity contribution in [2.45, 2.75) is 45.1 Å². The topological polar surface area (TPSA) is 38.7 Å². The Morgan fingerprint density at radius 1 is 1.15 bits per heavy atom. The van der Waals surface area contributed by atoms with Crippen LogP contribution < -0.4 is 4.74 Å². The van der Waals surface area contributed by atoms with Crippen LogP contribution >= 0.6 is 0 Å². The van der Waals surface area contributed by atoms with Gasteiger partial charge in [0.05, 0.1) is 12.7 Å². The van der Waals surface area contributed by atoms with E-state index in [2.05, 4.69) is 26.0 Å². The molecule has 1 aromatic rings. The van der Waals surface area contributed by atoms with E-state index < -0.39 is 0 Å². The Morgan fingerprint density at radius 2 is 1.80 bits per heavy atom. The molecular weight excluding hydrogens is 252 g/mol. The van der Waals surface area contributed by atoms with Crippen molar-refractivity contribution in [2.24, 2.45) is 5.41 Å². The van der Waals surface area contributed by atoms with Crippen LogP contribution in [0.5, 0.6) is 5.75 Å². The highest BCUT2D eigenvalue weighted by Crippen LogP contribution is 2.57. The summed E-state index contributed by atoms with van der Waals surface area (Å²) in [5.74, 6) is 1.35. The van der Waals surface area contributed by atoms with Crippen LogP contribution in [0, 0.1) is 5.41 Å². The van der Waals surface area contributed by atoms with Gasteiger partial charge in [0, 0.05) is 12.5 Å². The molecule has 3 heteroatoms. The number of benzene rings is 1. The molecule has 0 bridgehead atoms. The SMILES string of the molecule is CCC1(CC)C(O)CC1c1ccc(OCCOC)cc1. The molecule has 0 spiro atoms. The van der Waals surface area contributed by atoms with E-state index in [1.807, 2.05) is 12.1 Å². The fraction of sp³-hybridized carbons (Fsp3) is 0.647. The number of ether oxygens (including phenoxy) is 2. The summed E-state index contributed by atoms with van der Waals surface area (Å²) in [5.41, 5.74) is 1.39. The summed E-state index contributed by atoms with van der Waals surface area (Å²) >= 11 is 0. The number of rotatable bonds is 7. The molecule has 1 saturated carbocycles. The summed E-state index contributed by atoms with van der Waals surface area (Å²) in [5, 5.41) is 10.1. The van der Waals surface area contributed by atoms with E-state index in [-0.39, 0.29) is 11.5 Å². The molecule has 0 amide bonds. The third kappa shape index (κ3) is 2.70. The molecule has 20 heavy (non-hydrogen) atoms. The van der Waals surface area contributed by atoms with Crippen molar-refractivity contribution in [3.63, 3.8) is 0 Å². The molecule has 0 aliphatic heterocycles. The van der Waals surface area contributed by atoms with Crippen LogP contribution in [0.15, 0.2) is 24.3 Å². The van der Waals surface area contributed by atoms with Gasteiger partial charge in [0.15, 0.2) is 0 Å². The minimum absolute atomic E-state index is 0.0679. The van der Waals surface area contributed by atoms with Crippen molar-refractivity contribution in [2.75, 3.05) is 20.3 Å². The van der Waals surface area contributed by atoms with Gasteiger partial charge in [0.1, 0.15) is 12.4 Å². The van der Waals surface area contributed by atoms with Crippen molar-refractivity contribution in [3.8, 4) is 5.75 Å². The zero-order valence-electron chi connectivity index (χ0n) is 12.8. The average molecular weight is 278 g/mol. The lowest BCUT2D eigenvalue weighted by molar-refractivity contribution is -0.0932. The maximum Gasteiger partial charge on any atom is 0.119 e. The first-order chi connectivity index (χ1) is 9.67. The van der Waals surface area contributed by atoms with Gasteiger partial charge >= 0.3 is 0 Å². The zero-order chi connectivity index (χ0) is 14.6. The monoisotopic (exact) mass is 278 g/mol. The summed E-state index contributed by atoms with van der Waals surface area (Å²) in [6.45, 7) is 5.54. The Balaban J connectivity index is 2.03. The molecule has 2 unspecified atom stereocenters. The molecule has 3 nitrogen and oxygen atoms in total. The first-order valence-electron chi connectivity index (χ1n) is 7.57. The summed E-state index contributed by atoms with van der Waals surface area (Å²) < 4.78 is 10.6. The second-order valence-corrected chi connectivity index (χ2v) is 5.65. The molecule has 2 rings (SSSR count). The van der Waals surface area contributed by atoms with E-state index in [1.54, 1.807) is 7.11 Å². The van der Waals surface area contributed by atoms with Gasteiger partial charge in [0.25, 0.3) is 0 Å². The quantitative estimate of drug-likeness (QED) is 0.777. The van der Waals surface area contributed by atoms with Gasteiger partial charge in [-0.3, -0.25) is 0 Å². The Bertz CT molecular complexity index is 409. The lowest BCUT2D eigenvalue weighted by atomic mass is 9.53. The average Bonchev–Trinajstić information content (AvgIpc) is 2.47. The van der Waals surface area contributed by atoms with E-state index in [0.29, 0.717) is 19.1 Å². The van der Waals surface area contributed by atoms with Gasteiger partial charge in [-0.1, -0.05) is 26.0 Å². The third-order valence-corrected chi connectivity index (χ3v) is 4.97. The molecule has 1 aromatic carbocycles. The molecule has 2 atom stereocenters. The summed E-state index contributed by atoms with van der Waals surface area (Å²) in [7, 11) is 1.67. The number of hydrogen-bond donors (Lipinski definition) is 1. The first-order valence-corrected chi connectivity index (χ1v) is 7.57. The maximum absolute atomic E-state index is 10.1. The molecule has 1 aliphatic rings. The fourth-order valence-corrected chi connectivity index (χ4v) is 3.49. The lowest BCUT2D eigenvalue weighted by Gasteiger charge is -2.53. The van der Waals surface area contributed by atoms with Gasteiger partial charge in [-0.15, -0.1) is 0 Å². The summed E-state index contributed by atoms with van der Waals surface area (Å²) in [4.78, 5) is 0. The van der Waals surface area contributed by atoms with E-state index in [1.165, 1.54) is 5.56 Å². The minimum Gasteiger partial charge on any atom is -0.491 e. The Morgan fingerprint density at radius 3 is 2.30 bits per heavy atom. The molecule has 1 N–H and O–H groups in total. The van der Waals surface area contributed by atoms with Crippen LogP contribution in [0.25, 0.3) is 0 Å². The molecule has 1 aliphatic carbocycles. The van der Waals surface area contributed by atoms with E-state index in [4.69, 9.17) is 9.47 Å². The summed E-state index contributed by atoms with van der Waals surface area (Å²) in [6.07, 6.45) is 2.79. The van der Waals surface area contributed by atoms with Crippen LogP contribution in [0.3, 0.4) is 0 Å². The largest absolute Gasteiger partial charge is 0.491 e. The lowest BCUT2D eigenvalue weighted by Crippen LogP contribution is -2.50. The van der Waals surface area contributed by atoms with Crippen LogP contribution in [0.4, 0.5) is 0 Å². The van der Waals surface area contributed by atoms with Crippen molar-refractivity contribution in [3.05, 3.63) is 29.8 Å². The summed E-state index contributed by atoms with van der Waals surface area (Å²) in [6, 6.07) is 8.31. The second kappa shape index (κ2) is 6.59. The highest BCUT2D eigenvalue weighted by molar-refractivity contribution is 5.33. The molecule has 112 valence electrons. The van der Waals surface area contributed by atoms with Gasteiger partial charge in [0.2, 0.25) is 0 Å². The minimum atomic E-state index is -0.153. The van der Waals surface area contributed by atoms with Crippen LogP contribution in [0.2, 0.25) is 0 Å². The second-order valence-electron chi connectivity index (χ2n) is 5.65. The smallest absolute Gasteiger partial charge is 0.119 e. The van der Waals surface area contributed by atoms with Crippen molar-refractivity contribution in [1.29, 1.82) is 0 Å². The van der Waals surface area contributed by atoms with E-state index in [0.717, 1.165) is 25.0 Å². The van der Waals surface area contributed by atoms with Crippen LogP contribution in [-0.2, 0) is 4.74 Å². The molecule has 1 fully saturated rings. The van der Waals surface area contributed by atoms with Crippen molar-refractivity contribution < 1.29 is 14.6 Å². The van der Waals surface area contributed by atoms with Gasteiger partial charge in [-0.25, -0.2) is 0 Å². The molecule has 0 saturated heterocycles. The zero-order valence-corrected chi connectivity index (χ0v) is 12.8.